The van der Waals surface area contributed by atoms with E-state index in [-0.39, 0.29) is 12.5 Å². The molecule has 0 saturated heterocycles. The quantitative estimate of drug-likeness (QED) is 0.809. The summed E-state index contributed by atoms with van der Waals surface area (Å²) in [5, 5.41) is 0.655. The van der Waals surface area contributed by atoms with Crippen molar-refractivity contribution in [2.45, 2.75) is 25.4 Å². The van der Waals surface area contributed by atoms with Gasteiger partial charge in [-0.2, -0.15) is 0 Å². The third-order valence-electron chi connectivity index (χ3n) is 3.68. The minimum atomic E-state index is 0.0290. The maximum Gasteiger partial charge on any atom is 0.261 e. The molecule has 1 amide bonds. The van der Waals surface area contributed by atoms with Gasteiger partial charge in [-0.1, -0.05) is 41.9 Å². The number of hydrogen-bond donors (Lipinski definition) is 0. The predicted molar refractivity (Wildman–Crippen MR) is 87.0 cm³/mol. The lowest BCUT2D eigenvalue weighted by Gasteiger charge is -2.22. The Bertz CT molecular complexity index is 623. The molecule has 4 heteroatoms. The largest absolute Gasteiger partial charge is 0.484 e. The Hall–Kier alpha value is -2.00. The van der Waals surface area contributed by atoms with Crippen LogP contribution in [0.25, 0.3) is 0 Å². The first kappa shape index (κ1) is 14.9. The molecule has 2 aromatic rings. The van der Waals surface area contributed by atoms with Crippen LogP contribution in [0.5, 0.6) is 5.75 Å². The van der Waals surface area contributed by atoms with Crippen molar-refractivity contribution in [3.8, 4) is 5.75 Å². The van der Waals surface area contributed by atoms with Crippen molar-refractivity contribution >= 4 is 17.5 Å². The molecule has 114 valence electrons. The van der Waals surface area contributed by atoms with Gasteiger partial charge in [-0.3, -0.25) is 4.79 Å². The number of carbonyl (C=O) groups is 1. The maximum atomic E-state index is 12.4. The molecule has 0 aromatic heterocycles. The lowest BCUT2D eigenvalue weighted by molar-refractivity contribution is -0.134. The van der Waals surface area contributed by atoms with Gasteiger partial charge in [0, 0.05) is 17.6 Å². The van der Waals surface area contributed by atoms with Crippen LogP contribution in [-0.4, -0.2) is 23.5 Å². The molecule has 1 aliphatic carbocycles. The molecule has 0 radical (unpaired) electrons. The van der Waals surface area contributed by atoms with Crippen molar-refractivity contribution in [1.29, 1.82) is 0 Å². The third-order valence-corrected chi connectivity index (χ3v) is 3.93. The summed E-state index contributed by atoms with van der Waals surface area (Å²) < 4.78 is 5.57. The van der Waals surface area contributed by atoms with E-state index in [1.807, 2.05) is 35.2 Å². The van der Waals surface area contributed by atoms with Gasteiger partial charge < -0.3 is 9.64 Å². The zero-order valence-corrected chi connectivity index (χ0v) is 13.0. The molecule has 0 atom stereocenters. The van der Waals surface area contributed by atoms with Crippen molar-refractivity contribution in [3.05, 3.63) is 65.2 Å². The second kappa shape index (κ2) is 6.84. The smallest absolute Gasteiger partial charge is 0.261 e. The molecule has 0 unspecified atom stereocenters. The van der Waals surface area contributed by atoms with E-state index in [1.54, 1.807) is 24.3 Å². The van der Waals surface area contributed by atoms with Crippen molar-refractivity contribution in [2.75, 3.05) is 6.61 Å². The molecule has 1 saturated carbocycles. The van der Waals surface area contributed by atoms with Crippen molar-refractivity contribution < 1.29 is 9.53 Å². The Morgan fingerprint density at radius 2 is 1.77 bits per heavy atom. The number of ether oxygens (including phenoxy) is 1. The van der Waals surface area contributed by atoms with E-state index in [9.17, 15) is 4.79 Å². The second-order valence-electron chi connectivity index (χ2n) is 5.48. The Labute approximate surface area is 135 Å². The third kappa shape index (κ3) is 4.01. The molecule has 0 N–H and O–H groups in total. The summed E-state index contributed by atoms with van der Waals surface area (Å²) in [7, 11) is 0. The van der Waals surface area contributed by atoms with Gasteiger partial charge in [0.15, 0.2) is 6.61 Å². The number of benzene rings is 2. The van der Waals surface area contributed by atoms with Crippen LogP contribution < -0.4 is 4.74 Å². The lowest BCUT2D eigenvalue weighted by atomic mass is 10.2. The Morgan fingerprint density at radius 1 is 1.09 bits per heavy atom. The van der Waals surface area contributed by atoms with Gasteiger partial charge in [0.1, 0.15) is 5.75 Å². The second-order valence-corrected chi connectivity index (χ2v) is 5.92. The molecule has 0 aliphatic heterocycles. The highest BCUT2D eigenvalue weighted by Gasteiger charge is 2.32. The van der Waals surface area contributed by atoms with Gasteiger partial charge in [0.05, 0.1) is 0 Å². The van der Waals surface area contributed by atoms with Crippen LogP contribution >= 0.6 is 11.6 Å². The zero-order chi connectivity index (χ0) is 15.4. The molecular weight excluding hydrogens is 298 g/mol. The molecule has 2 aromatic carbocycles. The normalized spacial score (nSPS) is 13.7. The Kier molecular flexibility index (Phi) is 4.64. The standard InChI is InChI=1S/C18H18ClNO2/c19-15-6-10-17(11-7-15)22-13-18(21)20(16-8-9-16)12-14-4-2-1-3-5-14/h1-7,10-11,16H,8-9,12-13H2. The Balaban J connectivity index is 1.59. The van der Waals surface area contributed by atoms with Crippen molar-refractivity contribution in [3.63, 3.8) is 0 Å². The number of amides is 1. The summed E-state index contributed by atoms with van der Waals surface area (Å²) in [6.45, 7) is 0.708. The van der Waals surface area contributed by atoms with Gasteiger partial charge in [-0.15, -0.1) is 0 Å². The summed E-state index contributed by atoms with van der Waals surface area (Å²) in [6.07, 6.45) is 2.17. The summed E-state index contributed by atoms with van der Waals surface area (Å²) in [5.41, 5.74) is 1.15. The number of halogens is 1. The minimum Gasteiger partial charge on any atom is -0.484 e. The van der Waals surface area contributed by atoms with E-state index < -0.39 is 0 Å². The van der Waals surface area contributed by atoms with Crippen LogP contribution in [0.15, 0.2) is 54.6 Å². The van der Waals surface area contributed by atoms with Gasteiger partial charge in [0.2, 0.25) is 0 Å². The maximum absolute atomic E-state index is 12.4. The van der Waals surface area contributed by atoms with Crippen LogP contribution in [0.2, 0.25) is 5.02 Å². The topological polar surface area (TPSA) is 29.5 Å². The summed E-state index contributed by atoms with van der Waals surface area (Å²) in [6, 6.07) is 17.5. The fourth-order valence-corrected chi connectivity index (χ4v) is 2.47. The van der Waals surface area contributed by atoms with Crippen LogP contribution in [-0.2, 0) is 11.3 Å². The molecule has 0 spiro atoms. The highest BCUT2D eigenvalue weighted by molar-refractivity contribution is 6.30. The average molecular weight is 316 g/mol. The zero-order valence-electron chi connectivity index (χ0n) is 12.2. The van der Waals surface area contributed by atoms with Crippen LogP contribution in [0, 0.1) is 0 Å². The van der Waals surface area contributed by atoms with Crippen molar-refractivity contribution in [2.24, 2.45) is 0 Å². The Morgan fingerprint density at radius 3 is 2.41 bits per heavy atom. The monoisotopic (exact) mass is 315 g/mol. The first-order chi connectivity index (χ1) is 10.7. The number of carbonyl (C=O) groups excluding carboxylic acids is 1. The lowest BCUT2D eigenvalue weighted by Crippen LogP contribution is -2.36. The van der Waals surface area contributed by atoms with Gasteiger partial charge >= 0.3 is 0 Å². The molecule has 1 fully saturated rings. The summed E-state index contributed by atoms with van der Waals surface area (Å²) >= 11 is 5.83. The van der Waals surface area contributed by atoms with Crippen LogP contribution in [0.1, 0.15) is 18.4 Å². The first-order valence-electron chi connectivity index (χ1n) is 7.44. The van der Waals surface area contributed by atoms with E-state index >= 15 is 0 Å². The van der Waals surface area contributed by atoms with E-state index in [0.29, 0.717) is 23.4 Å². The molecule has 0 bridgehead atoms. The molecule has 3 nitrogen and oxygen atoms in total. The SMILES string of the molecule is O=C(COc1ccc(Cl)cc1)N(Cc1ccccc1)C1CC1. The van der Waals surface area contributed by atoms with Gasteiger partial charge in [-0.25, -0.2) is 0 Å². The van der Waals surface area contributed by atoms with Gasteiger partial charge in [-0.05, 0) is 42.7 Å². The van der Waals surface area contributed by atoms with E-state index in [2.05, 4.69) is 0 Å². The van der Waals surface area contributed by atoms with E-state index in [1.165, 1.54) is 0 Å². The molecule has 3 rings (SSSR count). The van der Waals surface area contributed by atoms with Crippen molar-refractivity contribution in [1.82, 2.24) is 4.90 Å². The average Bonchev–Trinajstić information content (AvgIpc) is 3.37. The van der Waals surface area contributed by atoms with Crippen LogP contribution in [0.4, 0.5) is 0 Å². The first-order valence-corrected chi connectivity index (χ1v) is 7.82. The van der Waals surface area contributed by atoms with E-state index in [0.717, 1.165) is 18.4 Å². The summed E-state index contributed by atoms with van der Waals surface area (Å²) in [5.74, 6) is 0.689. The summed E-state index contributed by atoms with van der Waals surface area (Å²) in [4.78, 5) is 14.4. The highest BCUT2D eigenvalue weighted by Crippen LogP contribution is 2.28. The van der Waals surface area contributed by atoms with Crippen LogP contribution in [0.3, 0.4) is 0 Å². The highest BCUT2D eigenvalue weighted by atomic mass is 35.5. The molecule has 22 heavy (non-hydrogen) atoms. The fraction of sp³-hybridized carbons (Fsp3) is 0.278. The number of rotatable bonds is 6. The predicted octanol–water partition coefficient (Wildman–Crippen LogP) is 3.91. The fourth-order valence-electron chi connectivity index (χ4n) is 2.35. The number of nitrogens with zero attached hydrogens (tertiary/aromatic N) is 1. The molecular formula is C18H18ClNO2. The molecule has 1 aliphatic rings. The molecule has 0 heterocycles. The van der Waals surface area contributed by atoms with Gasteiger partial charge in [0.25, 0.3) is 5.91 Å². The minimum absolute atomic E-state index is 0.0290. The van der Waals surface area contributed by atoms with E-state index in [4.69, 9.17) is 16.3 Å². The number of hydrogen-bond acceptors (Lipinski definition) is 2.